The summed E-state index contributed by atoms with van der Waals surface area (Å²) in [6.07, 6.45) is 0.0428. The van der Waals surface area contributed by atoms with E-state index in [2.05, 4.69) is 0 Å². The molecule has 0 aromatic heterocycles. The van der Waals surface area contributed by atoms with Crippen molar-refractivity contribution in [1.82, 2.24) is 0 Å². The van der Waals surface area contributed by atoms with Gasteiger partial charge in [0.05, 0.1) is 22.4 Å². The lowest BCUT2D eigenvalue weighted by Crippen LogP contribution is -2.06. The summed E-state index contributed by atoms with van der Waals surface area (Å²) in [6, 6.07) is 5.15. The molecule has 3 nitrogen and oxygen atoms in total. The smallest absolute Gasteiger partial charge is 0.122 e. The van der Waals surface area contributed by atoms with E-state index in [0.29, 0.717) is 22.0 Å². The summed E-state index contributed by atoms with van der Waals surface area (Å²) in [5.74, 6) is 0.566. The normalized spacial score (nSPS) is 9.93. The van der Waals surface area contributed by atoms with Gasteiger partial charge in [0.15, 0.2) is 0 Å². The topological polar surface area (TPSA) is 59.0 Å². The minimum Gasteiger partial charge on any atom is -0.491 e. The maximum absolute atomic E-state index is 8.76. The van der Waals surface area contributed by atoms with E-state index < -0.39 is 0 Å². The van der Waals surface area contributed by atoms with Gasteiger partial charge in [-0.05, 0) is 13.8 Å². The number of halogens is 1. The van der Waals surface area contributed by atoms with E-state index in [1.54, 1.807) is 12.1 Å². The molecular weight excluding hydrogens is 200 g/mol. The Balaban J connectivity index is 3.11. The highest BCUT2D eigenvalue weighted by Crippen LogP contribution is 2.28. The molecule has 0 amide bonds. The molecule has 0 atom stereocenters. The van der Waals surface area contributed by atoms with E-state index in [4.69, 9.17) is 27.3 Å². The second kappa shape index (κ2) is 4.21. The lowest BCUT2D eigenvalue weighted by molar-refractivity contribution is 0.242. The zero-order valence-corrected chi connectivity index (χ0v) is 8.80. The molecule has 14 heavy (non-hydrogen) atoms. The molecule has 0 aliphatic carbocycles. The molecule has 0 unspecified atom stereocenters. The Kier molecular flexibility index (Phi) is 3.21. The molecule has 2 N–H and O–H groups in total. The molecule has 4 heteroatoms. The van der Waals surface area contributed by atoms with Crippen LogP contribution in [0.4, 0.5) is 5.69 Å². The van der Waals surface area contributed by atoms with E-state index in [0.717, 1.165) is 0 Å². The molecule has 0 bridgehead atoms. The van der Waals surface area contributed by atoms with Gasteiger partial charge in [0.25, 0.3) is 0 Å². The average Bonchev–Trinajstić information content (AvgIpc) is 2.10. The second-order valence-electron chi connectivity index (χ2n) is 3.14. The van der Waals surface area contributed by atoms with Crippen molar-refractivity contribution >= 4 is 17.3 Å². The summed E-state index contributed by atoms with van der Waals surface area (Å²) in [7, 11) is 0. The Labute approximate surface area is 88.0 Å². The number of anilines is 1. The fraction of sp³-hybridized carbons (Fsp3) is 0.300. The largest absolute Gasteiger partial charge is 0.491 e. The highest BCUT2D eigenvalue weighted by molar-refractivity contribution is 6.33. The highest BCUT2D eigenvalue weighted by atomic mass is 35.5. The van der Waals surface area contributed by atoms with Gasteiger partial charge in [-0.15, -0.1) is 0 Å². The monoisotopic (exact) mass is 210 g/mol. The molecular formula is C10H11ClN2O. The predicted molar refractivity (Wildman–Crippen MR) is 56.3 cm³/mol. The molecule has 0 heterocycles. The maximum atomic E-state index is 8.76. The summed E-state index contributed by atoms with van der Waals surface area (Å²) in [4.78, 5) is 0. The van der Waals surface area contributed by atoms with Crippen LogP contribution in [0.25, 0.3) is 0 Å². The zero-order chi connectivity index (χ0) is 10.7. The van der Waals surface area contributed by atoms with E-state index in [1.165, 1.54) is 0 Å². The molecule has 74 valence electrons. The molecule has 0 saturated carbocycles. The van der Waals surface area contributed by atoms with Gasteiger partial charge in [0, 0.05) is 12.1 Å². The average molecular weight is 211 g/mol. The lowest BCUT2D eigenvalue weighted by atomic mass is 10.2. The predicted octanol–water partition coefficient (Wildman–Crippen LogP) is 2.58. The quantitative estimate of drug-likeness (QED) is 0.764. The fourth-order valence-corrected chi connectivity index (χ4v) is 1.24. The van der Waals surface area contributed by atoms with Crippen molar-refractivity contribution in [3.63, 3.8) is 0 Å². The molecule has 0 fully saturated rings. The Morgan fingerprint density at radius 2 is 2.14 bits per heavy atom. The van der Waals surface area contributed by atoms with Crippen molar-refractivity contribution in [2.45, 2.75) is 20.0 Å². The SMILES string of the molecule is CC(C)Oc1cc(Cl)c(N)c(C#N)c1. The molecule has 0 aliphatic heterocycles. The van der Waals surface area contributed by atoms with Crippen molar-refractivity contribution < 1.29 is 4.74 Å². The van der Waals surface area contributed by atoms with Gasteiger partial charge in [-0.2, -0.15) is 5.26 Å². The van der Waals surface area contributed by atoms with E-state index in [1.807, 2.05) is 19.9 Å². The number of nitrogens with zero attached hydrogens (tertiary/aromatic N) is 1. The van der Waals surface area contributed by atoms with E-state index in [-0.39, 0.29) is 6.10 Å². The molecule has 1 aromatic carbocycles. The van der Waals surface area contributed by atoms with Crippen LogP contribution in [0.1, 0.15) is 19.4 Å². The van der Waals surface area contributed by atoms with Gasteiger partial charge >= 0.3 is 0 Å². The lowest BCUT2D eigenvalue weighted by Gasteiger charge is -2.11. The van der Waals surface area contributed by atoms with Crippen LogP contribution in [-0.4, -0.2) is 6.10 Å². The zero-order valence-electron chi connectivity index (χ0n) is 8.04. The molecule has 0 aliphatic rings. The third kappa shape index (κ3) is 2.30. The Hall–Kier alpha value is -1.40. The molecule has 0 saturated heterocycles. The van der Waals surface area contributed by atoms with Gasteiger partial charge in [0.2, 0.25) is 0 Å². The molecule has 1 aromatic rings. The number of hydrogen-bond donors (Lipinski definition) is 1. The van der Waals surface area contributed by atoms with Crippen LogP contribution in [0.3, 0.4) is 0 Å². The van der Waals surface area contributed by atoms with Crippen LogP contribution in [0, 0.1) is 11.3 Å². The van der Waals surface area contributed by atoms with Gasteiger partial charge < -0.3 is 10.5 Å². The van der Waals surface area contributed by atoms with Crippen molar-refractivity contribution in [3.8, 4) is 11.8 Å². The van der Waals surface area contributed by atoms with Crippen LogP contribution >= 0.6 is 11.6 Å². The summed E-state index contributed by atoms with van der Waals surface area (Å²) in [5, 5.41) is 9.10. The number of ether oxygens (including phenoxy) is 1. The standard InChI is InChI=1S/C10H11ClN2O/c1-6(2)14-8-3-7(5-12)10(13)9(11)4-8/h3-4,6H,13H2,1-2H3. The minimum atomic E-state index is 0.0428. The van der Waals surface area contributed by atoms with E-state index in [9.17, 15) is 0 Å². The number of benzene rings is 1. The first-order valence-corrected chi connectivity index (χ1v) is 4.58. The fourth-order valence-electron chi connectivity index (χ4n) is 1.03. The van der Waals surface area contributed by atoms with Gasteiger partial charge in [-0.3, -0.25) is 0 Å². The van der Waals surface area contributed by atoms with Crippen molar-refractivity contribution in [1.29, 1.82) is 5.26 Å². The molecule has 0 radical (unpaired) electrons. The van der Waals surface area contributed by atoms with Crippen molar-refractivity contribution in [3.05, 3.63) is 22.7 Å². The highest BCUT2D eigenvalue weighted by Gasteiger charge is 2.07. The van der Waals surface area contributed by atoms with Gasteiger partial charge in [-0.25, -0.2) is 0 Å². The minimum absolute atomic E-state index is 0.0428. The number of nitriles is 1. The van der Waals surface area contributed by atoms with Crippen LogP contribution in [0.5, 0.6) is 5.75 Å². The van der Waals surface area contributed by atoms with Crippen molar-refractivity contribution in [2.24, 2.45) is 0 Å². The van der Waals surface area contributed by atoms with Crippen LogP contribution in [-0.2, 0) is 0 Å². The molecule has 1 rings (SSSR count). The van der Waals surface area contributed by atoms with Gasteiger partial charge in [0.1, 0.15) is 11.8 Å². The maximum Gasteiger partial charge on any atom is 0.122 e. The Morgan fingerprint density at radius 1 is 1.50 bits per heavy atom. The third-order valence-electron chi connectivity index (χ3n) is 1.60. The summed E-state index contributed by atoms with van der Waals surface area (Å²) in [6.45, 7) is 3.80. The number of nitrogens with two attached hydrogens (primary N) is 1. The van der Waals surface area contributed by atoms with E-state index >= 15 is 0 Å². The summed E-state index contributed by atoms with van der Waals surface area (Å²) < 4.78 is 5.40. The molecule has 0 spiro atoms. The summed E-state index contributed by atoms with van der Waals surface area (Å²) in [5.41, 5.74) is 6.22. The van der Waals surface area contributed by atoms with Crippen LogP contribution in [0.15, 0.2) is 12.1 Å². The number of nitrogen functional groups attached to an aromatic ring is 1. The van der Waals surface area contributed by atoms with Gasteiger partial charge in [-0.1, -0.05) is 11.6 Å². The van der Waals surface area contributed by atoms with Crippen molar-refractivity contribution in [2.75, 3.05) is 5.73 Å². The first kappa shape index (κ1) is 10.7. The number of hydrogen-bond acceptors (Lipinski definition) is 3. The Bertz CT molecular complexity index is 382. The second-order valence-corrected chi connectivity index (χ2v) is 3.55. The third-order valence-corrected chi connectivity index (χ3v) is 1.91. The number of rotatable bonds is 2. The van der Waals surface area contributed by atoms with Crippen LogP contribution < -0.4 is 10.5 Å². The first-order chi connectivity index (χ1) is 6.54. The first-order valence-electron chi connectivity index (χ1n) is 4.20. The van der Waals surface area contributed by atoms with Crippen LogP contribution in [0.2, 0.25) is 5.02 Å². The summed E-state index contributed by atoms with van der Waals surface area (Å²) >= 11 is 5.83. The Morgan fingerprint density at radius 3 is 2.64 bits per heavy atom.